The van der Waals surface area contributed by atoms with E-state index in [4.69, 9.17) is 34.4 Å². The molecule has 29 heteroatoms. The van der Waals surface area contributed by atoms with Crippen LogP contribution < -0.4 is 4.74 Å². The summed E-state index contributed by atoms with van der Waals surface area (Å²) in [5, 5.41) is 46.4. The van der Waals surface area contributed by atoms with Gasteiger partial charge in [0.25, 0.3) is 0 Å². The minimum atomic E-state index is -5.08. The maximum atomic E-state index is 13.7. The van der Waals surface area contributed by atoms with E-state index < -0.39 is 53.8 Å². The van der Waals surface area contributed by atoms with E-state index in [2.05, 4.69) is 40.9 Å². The van der Waals surface area contributed by atoms with Crippen LogP contribution in [-0.4, -0.2) is 141 Å². The monoisotopic (exact) mass is 977 g/mol. The standard InChI is InChI=1S/C32H36F3N9O2.3C2HF3O2/c33-32(34,35)27-13-21(16-42-11-6-24(45)7-12-42)14-28(41-27)46-25-3-1-23(2-4-25)43-18-31(19-43,8-9-36)44-17-22(15-40-44)29-26-5-10-37-30(26)39-20-38-29;3*3-2(4,5)1(6)7/h5,10,13-15,17,20,23-25,45H,1-4,6-8,11-12,16,18-19H2,(H,37,38,39);3*(H,6,7). The normalized spacial score (nSPS) is 19.2. The van der Waals surface area contributed by atoms with Gasteiger partial charge in [0.2, 0.25) is 5.88 Å². The number of likely N-dealkylation sites (tertiary alicyclic amines) is 2. The quantitative estimate of drug-likeness (QED) is 0.120. The number of carboxylic acids is 3. The number of aliphatic hydroxyl groups is 1. The molecule has 0 bridgehead atoms. The molecule has 17 nitrogen and oxygen atoms in total. The molecule has 0 amide bonds. The van der Waals surface area contributed by atoms with E-state index in [1.54, 1.807) is 12.3 Å². The van der Waals surface area contributed by atoms with Crippen LogP contribution in [0.5, 0.6) is 5.88 Å². The van der Waals surface area contributed by atoms with Crippen molar-refractivity contribution in [1.29, 1.82) is 5.26 Å². The lowest BCUT2D eigenvalue weighted by atomic mass is 9.82. The zero-order chi connectivity index (χ0) is 50.1. The lowest BCUT2D eigenvalue weighted by Crippen LogP contribution is -2.65. The summed E-state index contributed by atoms with van der Waals surface area (Å²) in [4.78, 5) is 46.8. The Bertz CT molecular complexity index is 2280. The lowest BCUT2D eigenvalue weighted by Gasteiger charge is -2.53. The number of pyridine rings is 1. The van der Waals surface area contributed by atoms with E-state index in [0.29, 0.717) is 76.4 Å². The minimum absolute atomic E-state index is 0.0115. The first-order chi connectivity index (χ1) is 31.0. The molecule has 2 aliphatic heterocycles. The van der Waals surface area contributed by atoms with Crippen LogP contribution in [0.2, 0.25) is 0 Å². The number of alkyl halides is 12. The van der Waals surface area contributed by atoms with E-state index in [9.17, 15) is 63.1 Å². The van der Waals surface area contributed by atoms with Crippen molar-refractivity contribution in [1.82, 2.24) is 39.5 Å². The molecule has 0 spiro atoms. The molecule has 7 rings (SSSR count). The van der Waals surface area contributed by atoms with Crippen LogP contribution in [0.4, 0.5) is 52.7 Å². The van der Waals surface area contributed by atoms with Crippen molar-refractivity contribution < 1.29 is 92.2 Å². The highest BCUT2D eigenvalue weighted by atomic mass is 19.4. The zero-order valence-electron chi connectivity index (χ0n) is 34.3. The van der Waals surface area contributed by atoms with Crippen molar-refractivity contribution in [3.8, 4) is 23.2 Å². The van der Waals surface area contributed by atoms with Gasteiger partial charge in [0.1, 0.15) is 29.3 Å². The van der Waals surface area contributed by atoms with Crippen molar-refractivity contribution in [3.63, 3.8) is 0 Å². The van der Waals surface area contributed by atoms with Gasteiger partial charge in [-0.15, -0.1) is 0 Å². The second-order valence-corrected chi connectivity index (χ2v) is 15.3. The van der Waals surface area contributed by atoms with E-state index in [0.717, 1.165) is 41.2 Å². The highest BCUT2D eigenvalue weighted by Gasteiger charge is 2.48. The van der Waals surface area contributed by atoms with Gasteiger partial charge in [-0.05, 0) is 56.2 Å². The summed E-state index contributed by atoms with van der Waals surface area (Å²) in [6, 6.07) is 7.30. The highest BCUT2D eigenvalue weighted by molar-refractivity contribution is 5.90. The molecule has 4 aromatic rings. The first-order valence-corrected chi connectivity index (χ1v) is 19.5. The number of aliphatic hydroxyl groups excluding tert-OH is 1. The predicted octanol–water partition coefficient (Wildman–Crippen LogP) is 6.41. The molecule has 6 heterocycles. The number of carbonyl (C=O) groups is 3. The molecule has 3 fully saturated rings. The second-order valence-electron chi connectivity index (χ2n) is 15.3. The third-order valence-electron chi connectivity index (χ3n) is 10.4. The molecule has 0 aromatic carbocycles. The van der Waals surface area contributed by atoms with E-state index in [-0.39, 0.29) is 18.1 Å². The molecule has 0 unspecified atom stereocenters. The van der Waals surface area contributed by atoms with Gasteiger partial charge in [-0.2, -0.15) is 63.0 Å². The van der Waals surface area contributed by atoms with Crippen LogP contribution >= 0.6 is 0 Å². The number of nitrogens with one attached hydrogen (secondary N) is 1. The maximum Gasteiger partial charge on any atom is 0.490 e. The first kappa shape index (κ1) is 53.3. The fourth-order valence-corrected chi connectivity index (χ4v) is 7.15. The predicted molar refractivity (Wildman–Crippen MR) is 202 cm³/mol. The maximum absolute atomic E-state index is 13.7. The van der Waals surface area contributed by atoms with Crippen molar-refractivity contribution in [2.45, 2.75) is 100.0 Å². The number of hydrogen-bond donors (Lipinski definition) is 5. The van der Waals surface area contributed by atoms with Gasteiger partial charge in [0.05, 0.1) is 30.5 Å². The third-order valence-corrected chi connectivity index (χ3v) is 10.4. The van der Waals surface area contributed by atoms with E-state index in [1.165, 1.54) is 6.33 Å². The lowest BCUT2D eigenvalue weighted by molar-refractivity contribution is -0.193. The van der Waals surface area contributed by atoms with Crippen LogP contribution in [0.1, 0.15) is 56.2 Å². The Balaban J connectivity index is 0.000000389. The number of rotatable bonds is 8. The number of aliphatic carboxylic acids is 3. The number of hydrogen-bond acceptors (Lipinski definition) is 12. The molecule has 0 atom stereocenters. The molecule has 5 N–H and O–H groups in total. The first-order valence-electron chi connectivity index (χ1n) is 19.5. The molecular formula is C38H39F12N9O8. The number of nitriles is 1. The van der Waals surface area contributed by atoms with Gasteiger partial charge in [-0.3, -0.25) is 14.5 Å². The fraction of sp³-hybridized carbons (Fsp3) is 0.526. The number of aromatic nitrogens is 6. The number of ether oxygens (including phenoxy) is 1. The van der Waals surface area contributed by atoms with Crippen molar-refractivity contribution in [2.75, 3.05) is 26.2 Å². The fourth-order valence-electron chi connectivity index (χ4n) is 7.15. The molecule has 1 aliphatic carbocycles. The third kappa shape index (κ3) is 15.1. The van der Waals surface area contributed by atoms with Crippen LogP contribution in [-0.2, 0) is 32.6 Å². The minimum Gasteiger partial charge on any atom is -0.475 e. The van der Waals surface area contributed by atoms with Crippen molar-refractivity contribution in [2.24, 2.45) is 0 Å². The summed E-state index contributed by atoms with van der Waals surface area (Å²) in [5.41, 5.74) is 1.53. The van der Waals surface area contributed by atoms with Gasteiger partial charge in [-0.25, -0.2) is 29.3 Å². The number of H-pyrrole nitrogens is 1. The Morgan fingerprint density at radius 1 is 0.836 bits per heavy atom. The molecule has 67 heavy (non-hydrogen) atoms. The number of nitrogens with zero attached hydrogens (tertiary/aromatic N) is 8. The number of carboxylic acid groups (broad SMARTS) is 3. The van der Waals surface area contributed by atoms with Crippen LogP contribution in [0.25, 0.3) is 22.3 Å². The summed E-state index contributed by atoms with van der Waals surface area (Å²) in [7, 11) is 0. The molecular weight excluding hydrogens is 938 g/mol. The topological polar surface area (TPSA) is 244 Å². The van der Waals surface area contributed by atoms with E-state index in [1.807, 2.05) is 23.1 Å². The highest BCUT2D eigenvalue weighted by Crippen LogP contribution is 2.39. The number of halogens is 12. The smallest absolute Gasteiger partial charge is 0.475 e. The van der Waals surface area contributed by atoms with Crippen molar-refractivity contribution >= 4 is 28.9 Å². The summed E-state index contributed by atoms with van der Waals surface area (Å²) in [5.74, 6) is -8.26. The Morgan fingerprint density at radius 3 is 1.90 bits per heavy atom. The average Bonchev–Trinajstić information content (AvgIpc) is 3.91. The Labute approximate surface area is 369 Å². The molecule has 1 saturated carbocycles. The summed E-state index contributed by atoms with van der Waals surface area (Å²) in [6.45, 7) is 3.00. The van der Waals surface area contributed by atoms with Gasteiger partial charge in [0.15, 0.2) is 0 Å². The average molecular weight is 978 g/mol. The molecule has 0 radical (unpaired) electrons. The molecule has 3 aliphatic rings. The SMILES string of the molecule is N#CCC1(n2cc(-c3ncnc4[nH]ccc34)cn2)CN(C2CCC(Oc3cc(CN4CCC(O)CC4)cc(C(F)(F)F)n3)CC2)C1.O=C(O)C(F)(F)F.O=C(O)C(F)(F)F.O=C(O)C(F)(F)F. The largest absolute Gasteiger partial charge is 0.490 e. The summed E-state index contributed by atoms with van der Waals surface area (Å²) >= 11 is 0. The molecule has 368 valence electrons. The van der Waals surface area contributed by atoms with Gasteiger partial charge in [-0.1, -0.05) is 0 Å². The number of fused-ring (bicyclic) bond motifs is 1. The Hall–Kier alpha value is -6.28. The number of aromatic amines is 1. The second kappa shape index (κ2) is 21.6. The van der Waals surface area contributed by atoms with Crippen molar-refractivity contribution in [3.05, 3.63) is 54.4 Å². The Morgan fingerprint density at radius 2 is 1.39 bits per heavy atom. The van der Waals surface area contributed by atoms with Gasteiger partial charge >= 0.3 is 42.6 Å². The molecule has 4 aromatic heterocycles. The molecule has 2 saturated heterocycles. The van der Waals surface area contributed by atoms with Gasteiger partial charge in [0, 0.05) is 68.2 Å². The summed E-state index contributed by atoms with van der Waals surface area (Å²) < 4.78 is 144. The number of piperidine rings is 1. The van der Waals surface area contributed by atoms with E-state index >= 15 is 0 Å². The van der Waals surface area contributed by atoms with Gasteiger partial charge < -0.3 is 30.1 Å². The van der Waals surface area contributed by atoms with Crippen LogP contribution in [0.15, 0.2) is 43.1 Å². The van der Waals surface area contributed by atoms with Crippen LogP contribution in [0, 0.1) is 11.3 Å². The summed E-state index contributed by atoms with van der Waals surface area (Å²) in [6.07, 6.45) is -8.67. The Kier molecular flexibility index (Phi) is 17.2. The zero-order valence-corrected chi connectivity index (χ0v) is 34.3. The van der Waals surface area contributed by atoms with Crippen LogP contribution in [0.3, 0.4) is 0 Å².